The average Bonchev–Trinajstić information content (AvgIpc) is 2.79. The minimum Gasteiger partial charge on any atom is -0.373 e. The van der Waals surface area contributed by atoms with Gasteiger partial charge in [0.1, 0.15) is 0 Å². The molecular weight excluding hydrogens is 320 g/mol. The molecule has 2 rings (SSSR count). The number of aryl methyl sites for hydroxylation is 2. The highest BCUT2D eigenvalue weighted by atomic mass is 79.9. The van der Waals surface area contributed by atoms with Crippen molar-refractivity contribution >= 4 is 33.2 Å². The lowest BCUT2D eigenvalue weighted by molar-refractivity contribution is -0.114. The second kappa shape index (κ2) is 6.56. The summed E-state index contributed by atoms with van der Waals surface area (Å²) in [5, 5.41) is 10.3. The molecule has 0 unspecified atom stereocenters. The van der Waals surface area contributed by atoms with Gasteiger partial charge in [0.25, 0.3) is 0 Å². The van der Waals surface area contributed by atoms with Crippen LogP contribution < -0.4 is 10.6 Å². The van der Waals surface area contributed by atoms with Gasteiger partial charge in [-0.05, 0) is 34.5 Å². The summed E-state index contributed by atoms with van der Waals surface area (Å²) in [5.41, 5.74) is 2.62. The maximum Gasteiger partial charge on any atom is 0.243 e. The molecule has 2 N–H and O–H groups in total. The van der Waals surface area contributed by atoms with E-state index in [1.807, 2.05) is 44.4 Å². The number of aromatic nitrogens is 2. The first-order chi connectivity index (χ1) is 9.60. The molecule has 2 aromatic rings. The number of rotatable bonds is 5. The summed E-state index contributed by atoms with van der Waals surface area (Å²) in [6.07, 6.45) is 2.71. The van der Waals surface area contributed by atoms with E-state index in [9.17, 15) is 4.79 Å². The number of para-hydroxylation sites is 1. The molecule has 0 aliphatic heterocycles. The summed E-state index contributed by atoms with van der Waals surface area (Å²) in [6.45, 7) is 2.24. The Bertz CT molecular complexity index is 609. The summed E-state index contributed by atoms with van der Waals surface area (Å²) in [4.78, 5) is 11.9. The molecule has 6 heteroatoms. The molecule has 0 fully saturated rings. The number of nitrogens with one attached hydrogen (secondary N) is 2. The van der Waals surface area contributed by atoms with Gasteiger partial charge >= 0.3 is 0 Å². The summed E-state index contributed by atoms with van der Waals surface area (Å²) in [5.74, 6) is -0.0946. The fourth-order valence-electron chi connectivity index (χ4n) is 1.88. The van der Waals surface area contributed by atoms with Gasteiger partial charge < -0.3 is 10.6 Å². The minimum absolute atomic E-state index is 0.0946. The van der Waals surface area contributed by atoms with Gasteiger partial charge in [0.05, 0.1) is 23.6 Å². The molecule has 0 radical (unpaired) electrons. The van der Waals surface area contributed by atoms with Crippen molar-refractivity contribution in [2.24, 2.45) is 7.05 Å². The number of carbonyl (C=O) groups is 1. The summed E-state index contributed by atoms with van der Waals surface area (Å²) < 4.78 is 2.61. The SMILES string of the molecule is CCc1nn(C)cc1NCC(=O)Nc1ccccc1Br. The molecule has 0 atom stereocenters. The zero-order chi connectivity index (χ0) is 14.5. The number of anilines is 2. The maximum atomic E-state index is 11.9. The fourth-order valence-corrected chi connectivity index (χ4v) is 2.26. The zero-order valence-corrected chi connectivity index (χ0v) is 13.1. The molecule has 0 saturated carbocycles. The topological polar surface area (TPSA) is 59.0 Å². The third-order valence-corrected chi connectivity index (χ3v) is 3.52. The third-order valence-electron chi connectivity index (χ3n) is 2.83. The van der Waals surface area contributed by atoms with E-state index in [0.29, 0.717) is 0 Å². The highest BCUT2D eigenvalue weighted by Gasteiger charge is 2.08. The summed E-state index contributed by atoms with van der Waals surface area (Å²) in [7, 11) is 1.87. The molecule has 0 bridgehead atoms. The van der Waals surface area contributed by atoms with Crippen molar-refractivity contribution in [2.75, 3.05) is 17.2 Å². The molecule has 1 aromatic heterocycles. The number of hydrogen-bond acceptors (Lipinski definition) is 3. The van der Waals surface area contributed by atoms with Crippen molar-refractivity contribution in [3.8, 4) is 0 Å². The van der Waals surface area contributed by atoms with Crippen molar-refractivity contribution in [3.05, 3.63) is 40.6 Å². The van der Waals surface area contributed by atoms with Gasteiger partial charge in [-0.15, -0.1) is 0 Å². The van der Waals surface area contributed by atoms with Gasteiger partial charge in [-0.2, -0.15) is 5.10 Å². The molecular formula is C14H17BrN4O. The van der Waals surface area contributed by atoms with E-state index in [-0.39, 0.29) is 12.5 Å². The predicted molar refractivity (Wildman–Crippen MR) is 83.8 cm³/mol. The first-order valence-electron chi connectivity index (χ1n) is 6.41. The van der Waals surface area contributed by atoms with E-state index in [1.54, 1.807) is 4.68 Å². The van der Waals surface area contributed by atoms with E-state index >= 15 is 0 Å². The fraction of sp³-hybridized carbons (Fsp3) is 0.286. The van der Waals surface area contributed by atoms with Crippen LogP contribution in [0.2, 0.25) is 0 Å². The molecule has 1 heterocycles. The number of amides is 1. The van der Waals surface area contributed by atoms with Crippen molar-refractivity contribution in [3.63, 3.8) is 0 Å². The number of halogens is 1. The Labute approximate surface area is 126 Å². The quantitative estimate of drug-likeness (QED) is 0.882. The van der Waals surface area contributed by atoms with Crippen molar-refractivity contribution in [1.29, 1.82) is 0 Å². The maximum absolute atomic E-state index is 11.9. The lowest BCUT2D eigenvalue weighted by atomic mass is 10.3. The highest BCUT2D eigenvalue weighted by Crippen LogP contribution is 2.21. The summed E-state index contributed by atoms with van der Waals surface area (Å²) in [6, 6.07) is 7.52. The van der Waals surface area contributed by atoms with Gasteiger partial charge in [-0.3, -0.25) is 9.48 Å². The molecule has 0 spiro atoms. The lowest BCUT2D eigenvalue weighted by Crippen LogP contribution is -2.22. The Hall–Kier alpha value is -1.82. The van der Waals surface area contributed by atoms with Gasteiger partial charge in [0, 0.05) is 17.7 Å². The monoisotopic (exact) mass is 336 g/mol. The molecule has 0 aliphatic rings. The van der Waals surface area contributed by atoms with E-state index in [2.05, 4.69) is 31.7 Å². The van der Waals surface area contributed by atoms with Gasteiger partial charge in [0.15, 0.2) is 0 Å². The highest BCUT2D eigenvalue weighted by molar-refractivity contribution is 9.10. The van der Waals surface area contributed by atoms with Gasteiger partial charge in [0.2, 0.25) is 5.91 Å². The Kier molecular flexibility index (Phi) is 4.79. The smallest absolute Gasteiger partial charge is 0.243 e. The van der Waals surface area contributed by atoms with Crippen LogP contribution in [0.25, 0.3) is 0 Å². The van der Waals surface area contributed by atoms with Crippen molar-refractivity contribution in [1.82, 2.24) is 9.78 Å². The first kappa shape index (κ1) is 14.6. The van der Waals surface area contributed by atoms with Crippen LogP contribution in [0.4, 0.5) is 11.4 Å². The molecule has 5 nitrogen and oxygen atoms in total. The van der Waals surface area contributed by atoms with Crippen LogP contribution in [0, 0.1) is 0 Å². The Morgan fingerprint density at radius 1 is 1.35 bits per heavy atom. The number of benzene rings is 1. The van der Waals surface area contributed by atoms with Crippen LogP contribution in [-0.2, 0) is 18.3 Å². The van der Waals surface area contributed by atoms with Crippen molar-refractivity contribution < 1.29 is 4.79 Å². The Morgan fingerprint density at radius 2 is 2.10 bits per heavy atom. The zero-order valence-electron chi connectivity index (χ0n) is 11.5. The van der Waals surface area contributed by atoms with Gasteiger partial charge in [-0.1, -0.05) is 19.1 Å². The molecule has 1 amide bonds. The van der Waals surface area contributed by atoms with Crippen molar-refractivity contribution in [2.45, 2.75) is 13.3 Å². The second-order valence-electron chi connectivity index (χ2n) is 4.40. The lowest BCUT2D eigenvalue weighted by Gasteiger charge is -2.08. The number of nitrogens with zero attached hydrogens (tertiary/aromatic N) is 2. The standard InChI is InChI=1S/C14H17BrN4O/c1-3-11-13(9-19(2)18-11)16-8-14(20)17-12-7-5-4-6-10(12)15/h4-7,9,16H,3,8H2,1-2H3,(H,17,20). The molecule has 1 aromatic carbocycles. The normalized spacial score (nSPS) is 10.3. The Morgan fingerprint density at radius 3 is 2.80 bits per heavy atom. The number of hydrogen-bond donors (Lipinski definition) is 2. The summed E-state index contributed by atoms with van der Waals surface area (Å²) >= 11 is 3.40. The average molecular weight is 337 g/mol. The molecule has 106 valence electrons. The van der Waals surface area contributed by atoms with E-state index in [0.717, 1.165) is 28.0 Å². The van der Waals surface area contributed by atoms with Gasteiger partial charge in [-0.25, -0.2) is 0 Å². The van der Waals surface area contributed by atoms with E-state index in [1.165, 1.54) is 0 Å². The Balaban J connectivity index is 1.94. The second-order valence-corrected chi connectivity index (χ2v) is 5.25. The largest absolute Gasteiger partial charge is 0.373 e. The minimum atomic E-state index is -0.0946. The van der Waals surface area contributed by atoms with Crippen LogP contribution in [-0.4, -0.2) is 22.2 Å². The van der Waals surface area contributed by atoms with Crippen LogP contribution >= 0.6 is 15.9 Å². The molecule has 20 heavy (non-hydrogen) atoms. The number of carbonyl (C=O) groups excluding carboxylic acids is 1. The van der Waals surface area contributed by atoms with Crippen LogP contribution in [0.1, 0.15) is 12.6 Å². The predicted octanol–water partition coefficient (Wildman–Crippen LogP) is 2.80. The molecule has 0 aliphatic carbocycles. The first-order valence-corrected chi connectivity index (χ1v) is 7.20. The molecule has 0 saturated heterocycles. The van der Waals surface area contributed by atoms with Crippen LogP contribution in [0.3, 0.4) is 0 Å². The third kappa shape index (κ3) is 3.60. The van der Waals surface area contributed by atoms with Crippen LogP contribution in [0.15, 0.2) is 34.9 Å². The van der Waals surface area contributed by atoms with Crippen LogP contribution in [0.5, 0.6) is 0 Å². The van der Waals surface area contributed by atoms with E-state index in [4.69, 9.17) is 0 Å². The van der Waals surface area contributed by atoms with E-state index < -0.39 is 0 Å².